The van der Waals surface area contributed by atoms with Gasteiger partial charge in [0.05, 0.1) is 20.2 Å². The van der Waals surface area contributed by atoms with Crippen LogP contribution in [0.2, 0.25) is 5.02 Å². The van der Waals surface area contributed by atoms with E-state index in [2.05, 4.69) is 10.1 Å². The van der Waals surface area contributed by atoms with Gasteiger partial charge in [-0.1, -0.05) is 23.7 Å². The number of carbonyl (C=O) groups is 3. The molecule has 0 aliphatic carbocycles. The van der Waals surface area contributed by atoms with Crippen LogP contribution in [0.1, 0.15) is 12.0 Å². The third kappa shape index (κ3) is 4.43. The number of nitrogens with zero attached hydrogens (tertiary/aromatic N) is 2. The Bertz CT molecular complexity index is 605. The number of amides is 3. The van der Waals surface area contributed by atoms with Gasteiger partial charge in [0.2, 0.25) is 0 Å². The van der Waals surface area contributed by atoms with Crippen molar-refractivity contribution in [2.24, 2.45) is 0 Å². The molecule has 0 bridgehead atoms. The maximum absolute atomic E-state index is 12.2. The van der Waals surface area contributed by atoms with E-state index in [0.717, 1.165) is 10.5 Å². The maximum Gasteiger partial charge on any atom is 0.325 e. The molecule has 1 N–H and O–H groups in total. The van der Waals surface area contributed by atoms with E-state index >= 15 is 0 Å². The summed E-state index contributed by atoms with van der Waals surface area (Å²) >= 11 is 5.84. The zero-order valence-corrected chi connectivity index (χ0v) is 13.7. The van der Waals surface area contributed by atoms with Gasteiger partial charge in [0, 0.05) is 11.6 Å². The lowest BCUT2D eigenvalue weighted by molar-refractivity contribution is -0.143. The molecular weight excluding hydrogens is 322 g/mol. The first-order chi connectivity index (χ1) is 10.9. The van der Waals surface area contributed by atoms with Crippen molar-refractivity contribution < 1.29 is 19.1 Å². The summed E-state index contributed by atoms with van der Waals surface area (Å²) in [6.07, 6.45) is -0.168. The van der Waals surface area contributed by atoms with Gasteiger partial charge in [0.15, 0.2) is 0 Å². The minimum absolute atomic E-state index is 0.130. The van der Waals surface area contributed by atoms with Crippen molar-refractivity contribution in [2.45, 2.75) is 19.0 Å². The molecule has 1 atom stereocenters. The number of esters is 1. The monoisotopic (exact) mass is 339 g/mol. The van der Waals surface area contributed by atoms with Gasteiger partial charge in [-0.15, -0.1) is 0 Å². The number of methoxy groups -OCH3 is 1. The molecule has 8 heteroatoms. The van der Waals surface area contributed by atoms with E-state index in [1.165, 1.54) is 7.11 Å². The van der Waals surface area contributed by atoms with Crippen molar-refractivity contribution in [1.82, 2.24) is 15.1 Å². The van der Waals surface area contributed by atoms with Crippen LogP contribution < -0.4 is 5.32 Å². The molecule has 124 valence electrons. The second-order valence-electron chi connectivity index (χ2n) is 5.33. The summed E-state index contributed by atoms with van der Waals surface area (Å²) in [6.45, 7) is 0.681. The molecule has 1 saturated heterocycles. The molecule has 0 radical (unpaired) electrons. The van der Waals surface area contributed by atoms with Crippen molar-refractivity contribution in [3.63, 3.8) is 0 Å². The maximum atomic E-state index is 12.2. The predicted octanol–water partition coefficient (Wildman–Crippen LogP) is 1.21. The van der Waals surface area contributed by atoms with Gasteiger partial charge in [-0.25, -0.2) is 9.69 Å². The lowest BCUT2D eigenvalue weighted by Crippen LogP contribution is -2.40. The molecular formula is C15H18ClN3O4. The van der Waals surface area contributed by atoms with Gasteiger partial charge < -0.3 is 10.1 Å². The first kappa shape index (κ1) is 17.2. The van der Waals surface area contributed by atoms with Crippen molar-refractivity contribution in [3.8, 4) is 0 Å². The number of hydrogen-bond donors (Lipinski definition) is 1. The SMILES string of the molecule is COC(=O)CC1NC(=O)N(CN(C)Cc2ccc(Cl)cc2)C1=O. The Morgan fingerprint density at radius 2 is 2.00 bits per heavy atom. The van der Waals surface area contributed by atoms with Gasteiger partial charge in [0.25, 0.3) is 5.91 Å². The van der Waals surface area contributed by atoms with Crippen molar-refractivity contribution in [3.05, 3.63) is 34.9 Å². The Hall–Kier alpha value is -2.12. The summed E-state index contributed by atoms with van der Waals surface area (Å²) in [4.78, 5) is 38.2. The van der Waals surface area contributed by atoms with E-state index in [1.54, 1.807) is 19.2 Å². The first-order valence-electron chi connectivity index (χ1n) is 7.02. The van der Waals surface area contributed by atoms with Crippen LogP contribution in [0.3, 0.4) is 0 Å². The average Bonchev–Trinajstić information content (AvgIpc) is 2.77. The van der Waals surface area contributed by atoms with Crippen LogP contribution in [-0.4, -0.2) is 54.6 Å². The van der Waals surface area contributed by atoms with E-state index in [9.17, 15) is 14.4 Å². The van der Waals surface area contributed by atoms with E-state index in [-0.39, 0.29) is 13.1 Å². The van der Waals surface area contributed by atoms with Gasteiger partial charge in [-0.3, -0.25) is 14.5 Å². The Morgan fingerprint density at radius 3 is 2.61 bits per heavy atom. The van der Waals surface area contributed by atoms with E-state index in [4.69, 9.17) is 11.6 Å². The molecule has 1 aliphatic rings. The largest absolute Gasteiger partial charge is 0.469 e. The number of imide groups is 1. The summed E-state index contributed by atoms with van der Waals surface area (Å²) in [5.41, 5.74) is 1.01. The Labute approximate surface area is 139 Å². The molecule has 23 heavy (non-hydrogen) atoms. The first-order valence-corrected chi connectivity index (χ1v) is 7.40. The highest BCUT2D eigenvalue weighted by Gasteiger charge is 2.39. The van der Waals surface area contributed by atoms with Gasteiger partial charge in [-0.2, -0.15) is 0 Å². The fraction of sp³-hybridized carbons (Fsp3) is 0.400. The molecule has 0 spiro atoms. The molecule has 7 nitrogen and oxygen atoms in total. The predicted molar refractivity (Wildman–Crippen MR) is 83.6 cm³/mol. The van der Waals surface area contributed by atoms with E-state index < -0.39 is 23.9 Å². The highest BCUT2D eigenvalue weighted by molar-refractivity contribution is 6.30. The van der Waals surface area contributed by atoms with Crippen LogP contribution in [-0.2, 0) is 20.9 Å². The highest BCUT2D eigenvalue weighted by atomic mass is 35.5. The summed E-state index contributed by atoms with van der Waals surface area (Å²) in [5.74, 6) is -0.969. The van der Waals surface area contributed by atoms with Gasteiger partial charge in [0.1, 0.15) is 6.04 Å². The Balaban J connectivity index is 1.93. The zero-order valence-electron chi connectivity index (χ0n) is 12.9. The third-order valence-electron chi connectivity index (χ3n) is 3.45. The molecule has 2 rings (SSSR count). The Kier molecular flexibility index (Phi) is 5.57. The van der Waals surface area contributed by atoms with Crippen molar-refractivity contribution in [1.29, 1.82) is 0 Å². The molecule has 1 fully saturated rings. The number of hydrogen-bond acceptors (Lipinski definition) is 5. The van der Waals surface area contributed by atoms with Gasteiger partial charge in [-0.05, 0) is 24.7 Å². The Morgan fingerprint density at radius 1 is 1.35 bits per heavy atom. The normalized spacial score (nSPS) is 17.6. The molecule has 0 aromatic heterocycles. The highest BCUT2D eigenvalue weighted by Crippen LogP contribution is 2.14. The topological polar surface area (TPSA) is 79.0 Å². The minimum atomic E-state index is -0.862. The molecule has 3 amide bonds. The summed E-state index contributed by atoms with van der Waals surface area (Å²) < 4.78 is 4.52. The van der Waals surface area contributed by atoms with Gasteiger partial charge >= 0.3 is 12.0 Å². The molecule has 1 aromatic carbocycles. The van der Waals surface area contributed by atoms with Crippen LogP contribution in [0, 0.1) is 0 Å². The lowest BCUT2D eigenvalue weighted by atomic mass is 10.2. The number of nitrogens with one attached hydrogen (secondary N) is 1. The summed E-state index contributed by atoms with van der Waals surface area (Å²) in [7, 11) is 3.03. The van der Waals surface area contributed by atoms with Crippen molar-refractivity contribution >= 4 is 29.5 Å². The number of rotatable bonds is 6. The fourth-order valence-electron chi connectivity index (χ4n) is 2.29. The lowest BCUT2D eigenvalue weighted by Gasteiger charge is -2.22. The summed E-state index contributed by atoms with van der Waals surface area (Å²) in [5, 5.41) is 3.14. The minimum Gasteiger partial charge on any atom is -0.469 e. The second kappa shape index (κ2) is 7.43. The quantitative estimate of drug-likeness (QED) is 0.622. The van der Waals surface area contributed by atoms with Crippen LogP contribution in [0.25, 0.3) is 0 Å². The average molecular weight is 340 g/mol. The van der Waals surface area contributed by atoms with Crippen LogP contribution >= 0.6 is 11.6 Å². The van der Waals surface area contributed by atoms with E-state index in [0.29, 0.717) is 11.6 Å². The number of benzene rings is 1. The number of ether oxygens (including phenoxy) is 1. The number of halogens is 1. The third-order valence-corrected chi connectivity index (χ3v) is 3.71. The standard InChI is InChI=1S/C15H18ClN3O4/c1-18(8-10-3-5-11(16)6-4-10)9-19-14(21)12(17-15(19)22)7-13(20)23-2/h3-6,12H,7-9H2,1-2H3,(H,17,22). The zero-order chi connectivity index (χ0) is 17.0. The molecule has 1 aromatic rings. The molecule has 0 saturated carbocycles. The smallest absolute Gasteiger partial charge is 0.325 e. The summed E-state index contributed by atoms with van der Waals surface area (Å²) in [6, 6.07) is 5.95. The molecule has 1 heterocycles. The molecule has 1 unspecified atom stereocenters. The number of urea groups is 1. The van der Waals surface area contributed by atoms with Crippen LogP contribution in [0.4, 0.5) is 4.79 Å². The molecule has 1 aliphatic heterocycles. The van der Waals surface area contributed by atoms with Crippen LogP contribution in [0.5, 0.6) is 0 Å². The second-order valence-corrected chi connectivity index (χ2v) is 5.77. The number of carbonyl (C=O) groups excluding carboxylic acids is 3. The van der Waals surface area contributed by atoms with Crippen molar-refractivity contribution in [2.75, 3.05) is 20.8 Å². The van der Waals surface area contributed by atoms with Crippen LogP contribution in [0.15, 0.2) is 24.3 Å². The fourth-order valence-corrected chi connectivity index (χ4v) is 2.42. The van der Waals surface area contributed by atoms with E-state index in [1.807, 2.05) is 17.0 Å².